The number of hydrogen-bond donors (Lipinski definition) is 1. The van der Waals surface area contributed by atoms with Gasteiger partial charge in [0.2, 0.25) is 5.78 Å². The number of ether oxygens (including phenoxy) is 1. The van der Waals surface area contributed by atoms with Crippen LogP contribution in [0.1, 0.15) is 22.7 Å². The van der Waals surface area contributed by atoms with E-state index in [0.717, 1.165) is 10.5 Å². The molecule has 0 spiro atoms. The van der Waals surface area contributed by atoms with Gasteiger partial charge in [0.15, 0.2) is 0 Å². The standard InChI is InChI=1S/C23H24Cl2N2O4/c1-13-11-14(5-8-18(13)31-4)21(28)19-20(16-7-6-15(24)12-17(16)25)27(10-9-26(2)3)23(30)22(19)29/h5-8,11-12,20,28H,9-10H2,1-4H3/b21-19+. The van der Waals surface area contributed by atoms with Crippen LogP contribution in [0.25, 0.3) is 5.76 Å². The van der Waals surface area contributed by atoms with Crippen molar-refractivity contribution in [2.45, 2.75) is 13.0 Å². The van der Waals surface area contributed by atoms with E-state index < -0.39 is 23.5 Å². The predicted octanol–water partition coefficient (Wildman–Crippen LogP) is 1.68. The number of quaternary nitrogens is 1. The third-order valence-corrected chi connectivity index (χ3v) is 5.86. The summed E-state index contributed by atoms with van der Waals surface area (Å²) in [7, 11) is 5.44. The van der Waals surface area contributed by atoms with Gasteiger partial charge < -0.3 is 19.6 Å². The second-order valence-corrected chi connectivity index (χ2v) is 8.62. The molecule has 1 unspecified atom stereocenters. The third kappa shape index (κ3) is 4.56. The van der Waals surface area contributed by atoms with E-state index >= 15 is 0 Å². The van der Waals surface area contributed by atoms with Crippen LogP contribution in [0.4, 0.5) is 0 Å². The average Bonchev–Trinajstić information content (AvgIpc) is 2.96. The van der Waals surface area contributed by atoms with Crippen molar-refractivity contribution in [2.24, 2.45) is 0 Å². The van der Waals surface area contributed by atoms with Crippen LogP contribution in [-0.4, -0.2) is 50.9 Å². The smallest absolute Gasteiger partial charge is 0.295 e. The van der Waals surface area contributed by atoms with E-state index in [1.165, 1.54) is 4.90 Å². The average molecular weight is 463 g/mol. The minimum atomic E-state index is -0.876. The molecule has 0 aromatic heterocycles. The summed E-state index contributed by atoms with van der Waals surface area (Å²) in [5.74, 6) is -1.38. The number of halogens is 2. The summed E-state index contributed by atoms with van der Waals surface area (Å²) in [5.41, 5.74) is 1.45. The molecule has 1 aliphatic rings. The van der Waals surface area contributed by atoms with E-state index in [4.69, 9.17) is 27.9 Å². The monoisotopic (exact) mass is 462 g/mol. The predicted molar refractivity (Wildman–Crippen MR) is 118 cm³/mol. The first-order chi connectivity index (χ1) is 14.6. The maximum absolute atomic E-state index is 13.4. The number of likely N-dealkylation sites (tertiary alicyclic amines) is 1. The Labute approximate surface area is 191 Å². The van der Waals surface area contributed by atoms with Crippen molar-refractivity contribution in [3.63, 3.8) is 0 Å². The Hall–Kier alpha value is -2.54. The summed E-state index contributed by atoms with van der Waals surface area (Å²) in [6.07, 6.45) is 0. The zero-order valence-electron chi connectivity index (χ0n) is 17.8. The molecule has 0 aliphatic carbocycles. The number of carbonyl (C=O) groups is 2. The van der Waals surface area contributed by atoms with Gasteiger partial charge in [-0.1, -0.05) is 41.1 Å². The van der Waals surface area contributed by atoms with Crippen LogP contribution in [0, 0.1) is 6.92 Å². The second kappa shape index (κ2) is 9.30. The Bertz CT molecular complexity index is 1070. The maximum Gasteiger partial charge on any atom is 0.295 e. The van der Waals surface area contributed by atoms with Crippen molar-refractivity contribution in [1.29, 1.82) is 0 Å². The van der Waals surface area contributed by atoms with Crippen LogP contribution in [0.2, 0.25) is 10.0 Å². The lowest BCUT2D eigenvalue weighted by Crippen LogP contribution is -3.06. The first kappa shape index (κ1) is 23.1. The molecule has 0 radical (unpaired) electrons. The number of likely N-dealkylation sites (N-methyl/N-ethyl adjacent to an activating group) is 1. The number of amides is 1. The lowest BCUT2D eigenvalue weighted by molar-refractivity contribution is -0.857. The molecular weight excluding hydrogens is 439 g/mol. The Morgan fingerprint density at radius 2 is 1.87 bits per heavy atom. The lowest BCUT2D eigenvalue weighted by atomic mass is 9.94. The molecule has 2 aromatic carbocycles. The number of benzene rings is 2. The van der Waals surface area contributed by atoms with Gasteiger partial charge in [0, 0.05) is 15.6 Å². The molecule has 1 saturated heterocycles. The number of hydrogen-bond acceptors (Lipinski definition) is 4. The van der Waals surface area contributed by atoms with Crippen LogP contribution >= 0.6 is 23.2 Å². The molecule has 1 N–H and O–H groups in total. The normalized spacial score (nSPS) is 18.2. The quantitative estimate of drug-likeness (QED) is 0.402. The number of rotatable bonds is 6. The van der Waals surface area contributed by atoms with Gasteiger partial charge in [-0.15, -0.1) is 0 Å². The number of Topliss-reactive ketones (excluding diaryl/α,β-unsaturated/α-hetero) is 1. The minimum Gasteiger partial charge on any atom is -0.872 e. The molecule has 2 aromatic rings. The summed E-state index contributed by atoms with van der Waals surface area (Å²) >= 11 is 12.5. The summed E-state index contributed by atoms with van der Waals surface area (Å²) in [6, 6.07) is 8.86. The molecule has 6 nitrogen and oxygen atoms in total. The zero-order valence-corrected chi connectivity index (χ0v) is 19.3. The van der Waals surface area contributed by atoms with Gasteiger partial charge >= 0.3 is 0 Å². The molecule has 1 amide bonds. The van der Waals surface area contributed by atoms with Crippen LogP contribution in [-0.2, 0) is 9.59 Å². The van der Waals surface area contributed by atoms with Crippen molar-refractivity contribution in [3.05, 3.63) is 68.7 Å². The fourth-order valence-electron chi connectivity index (χ4n) is 3.67. The van der Waals surface area contributed by atoms with Crippen molar-refractivity contribution in [3.8, 4) is 5.75 Å². The largest absolute Gasteiger partial charge is 0.872 e. The van der Waals surface area contributed by atoms with Crippen LogP contribution in [0.15, 0.2) is 42.0 Å². The van der Waals surface area contributed by atoms with Gasteiger partial charge in [-0.2, -0.15) is 0 Å². The van der Waals surface area contributed by atoms with Crippen LogP contribution < -0.4 is 14.7 Å². The number of carbonyl (C=O) groups excluding carboxylic acids is 2. The second-order valence-electron chi connectivity index (χ2n) is 7.78. The molecule has 1 aliphatic heterocycles. The molecule has 1 heterocycles. The first-order valence-corrected chi connectivity index (χ1v) is 10.6. The van der Waals surface area contributed by atoms with E-state index in [9.17, 15) is 14.7 Å². The molecule has 8 heteroatoms. The topological polar surface area (TPSA) is 74.1 Å². The Balaban J connectivity index is 2.19. The third-order valence-electron chi connectivity index (χ3n) is 5.30. The molecule has 31 heavy (non-hydrogen) atoms. The first-order valence-electron chi connectivity index (χ1n) is 9.81. The molecule has 1 fully saturated rings. The highest BCUT2D eigenvalue weighted by Crippen LogP contribution is 2.41. The summed E-state index contributed by atoms with van der Waals surface area (Å²) in [6.45, 7) is 2.71. The Morgan fingerprint density at radius 1 is 1.16 bits per heavy atom. The van der Waals surface area contributed by atoms with Gasteiger partial charge in [0.1, 0.15) is 5.75 Å². The Morgan fingerprint density at radius 3 is 2.45 bits per heavy atom. The fourth-order valence-corrected chi connectivity index (χ4v) is 4.18. The van der Waals surface area contributed by atoms with Crippen molar-refractivity contribution < 1.29 is 24.3 Å². The van der Waals surface area contributed by atoms with Crippen LogP contribution in [0.5, 0.6) is 5.75 Å². The molecule has 1 atom stereocenters. The molecule has 0 bridgehead atoms. The zero-order chi connectivity index (χ0) is 22.9. The fraction of sp³-hybridized carbons (Fsp3) is 0.304. The van der Waals surface area contributed by atoms with Gasteiger partial charge in [-0.25, -0.2) is 0 Å². The summed E-state index contributed by atoms with van der Waals surface area (Å²) in [5, 5.41) is 14.2. The van der Waals surface area contributed by atoms with Crippen molar-refractivity contribution in [2.75, 3.05) is 34.3 Å². The molecule has 0 saturated carbocycles. The highest BCUT2D eigenvalue weighted by Gasteiger charge is 2.45. The van der Waals surface area contributed by atoms with E-state index in [1.807, 2.05) is 21.0 Å². The van der Waals surface area contributed by atoms with E-state index in [1.54, 1.807) is 43.5 Å². The SMILES string of the molecule is COc1ccc(/C([O-])=C2\C(=O)C(=O)N(CC[NH+](C)C)C2c2ccc(Cl)cc2Cl)cc1C. The number of aryl methyl sites for hydroxylation is 1. The number of methoxy groups -OCH3 is 1. The van der Waals surface area contributed by atoms with Crippen molar-refractivity contribution >= 4 is 40.7 Å². The maximum atomic E-state index is 13.4. The van der Waals surface area contributed by atoms with Crippen molar-refractivity contribution in [1.82, 2.24) is 4.90 Å². The van der Waals surface area contributed by atoms with E-state index in [-0.39, 0.29) is 5.57 Å². The highest BCUT2D eigenvalue weighted by atomic mass is 35.5. The van der Waals surface area contributed by atoms with E-state index in [2.05, 4.69) is 0 Å². The molecule has 3 rings (SSSR count). The van der Waals surface area contributed by atoms with E-state index in [0.29, 0.717) is 40.0 Å². The van der Waals surface area contributed by atoms with Gasteiger partial charge in [-0.3, -0.25) is 9.59 Å². The number of ketones is 1. The van der Waals surface area contributed by atoms with Crippen LogP contribution in [0.3, 0.4) is 0 Å². The molecular formula is C23H24Cl2N2O4. The van der Waals surface area contributed by atoms with Gasteiger partial charge in [-0.05, 0) is 47.9 Å². The number of nitrogens with zero attached hydrogens (tertiary/aromatic N) is 1. The number of nitrogens with one attached hydrogen (secondary N) is 1. The lowest BCUT2D eigenvalue weighted by Gasteiger charge is -2.28. The molecule has 164 valence electrons. The minimum absolute atomic E-state index is 0.104. The summed E-state index contributed by atoms with van der Waals surface area (Å²) in [4.78, 5) is 28.4. The summed E-state index contributed by atoms with van der Waals surface area (Å²) < 4.78 is 5.25. The van der Waals surface area contributed by atoms with Gasteiger partial charge in [0.05, 0.1) is 40.3 Å². The van der Waals surface area contributed by atoms with Gasteiger partial charge in [0.25, 0.3) is 5.91 Å². The Kier molecular flexibility index (Phi) is 6.94. The highest BCUT2D eigenvalue weighted by molar-refractivity contribution is 6.47.